The van der Waals surface area contributed by atoms with Gasteiger partial charge < -0.3 is 9.64 Å². The smallest absolute Gasteiger partial charge is 0.256 e. The lowest BCUT2D eigenvalue weighted by molar-refractivity contribution is -0.107. The Hall–Kier alpha value is -1.93. The van der Waals surface area contributed by atoms with Crippen LogP contribution in [0, 0.1) is 33.9 Å². The van der Waals surface area contributed by atoms with Gasteiger partial charge in [-0.2, -0.15) is 5.26 Å². The van der Waals surface area contributed by atoms with Crippen LogP contribution in [0.5, 0.6) is 0 Å². The molecule has 0 radical (unpaired) electrons. The number of rotatable bonds is 3. The summed E-state index contributed by atoms with van der Waals surface area (Å²) in [6.07, 6.45) is 1.01. The van der Waals surface area contributed by atoms with E-state index in [1.807, 2.05) is 6.07 Å². The number of hydrogen-bond donors (Lipinski definition) is 0. The van der Waals surface area contributed by atoms with E-state index in [4.69, 9.17) is 10.00 Å². The molecule has 1 saturated heterocycles. The highest BCUT2D eigenvalue weighted by Gasteiger charge is 2.63. The minimum atomic E-state index is -0.631. The Morgan fingerprint density at radius 3 is 2.83 bits per heavy atom. The zero-order valence-electron chi connectivity index (χ0n) is 13.7. The molecule has 2 fully saturated rings. The molecular formula is C18H21FN2O2. The van der Waals surface area contributed by atoms with E-state index in [0.29, 0.717) is 25.6 Å². The van der Waals surface area contributed by atoms with Crippen molar-refractivity contribution >= 4 is 5.91 Å². The van der Waals surface area contributed by atoms with Gasteiger partial charge in [0.1, 0.15) is 5.82 Å². The highest BCUT2D eigenvalue weighted by molar-refractivity contribution is 5.95. The Kier molecular flexibility index (Phi) is 3.68. The Morgan fingerprint density at radius 2 is 2.26 bits per heavy atom. The van der Waals surface area contributed by atoms with Crippen molar-refractivity contribution in [2.75, 3.05) is 26.8 Å². The van der Waals surface area contributed by atoms with E-state index in [2.05, 4.69) is 13.8 Å². The van der Waals surface area contributed by atoms with Gasteiger partial charge in [0.25, 0.3) is 5.91 Å². The van der Waals surface area contributed by atoms with E-state index in [0.717, 1.165) is 12.5 Å². The first-order valence-electron chi connectivity index (χ1n) is 7.81. The summed E-state index contributed by atoms with van der Waals surface area (Å²) in [5, 5.41) is 8.81. The van der Waals surface area contributed by atoms with Crippen LogP contribution in [-0.2, 0) is 4.74 Å². The molecule has 0 unspecified atom stereocenters. The molecule has 2 aliphatic rings. The third-order valence-corrected chi connectivity index (χ3v) is 5.45. The van der Waals surface area contributed by atoms with E-state index in [9.17, 15) is 9.18 Å². The molecule has 4 nitrogen and oxygen atoms in total. The van der Waals surface area contributed by atoms with Gasteiger partial charge in [0.15, 0.2) is 0 Å². The summed E-state index contributed by atoms with van der Waals surface area (Å²) in [6.45, 7) is 6.28. The average molecular weight is 316 g/mol. The molecule has 1 aromatic carbocycles. The van der Waals surface area contributed by atoms with E-state index in [-0.39, 0.29) is 27.9 Å². The summed E-state index contributed by atoms with van der Waals surface area (Å²) in [6, 6.07) is 5.89. The van der Waals surface area contributed by atoms with E-state index < -0.39 is 5.82 Å². The van der Waals surface area contributed by atoms with E-state index in [1.54, 1.807) is 12.0 Å². The molecule has 1 aromatic rings. The molecule has 1 saturated carbocycles. The number of fused-ring (bicyclic) bond motifs is 1. The quantitative estimate of drug-likeness (QED) is 0.861. The van der Waals surface area contributed by atoms with Crippen molar-refractivity contribution in [2.24, 2.45) is 16.7 Å². The molecule has 23 heavy (non-hydrogen) atoms. The molecule has 0 N–H and O–H groups in total. The maximum atomic E-state index is 14.1. The standard InChI is InChI=1S/C18H21FN2O2/c1-17(2)9-18(11-23-3)10-21(8-15(17)18)16(22)13-5-4-12(7-20)6-14(13)19/h4-6,15H,8-11H2,1-3H3/t15-,18-/m1/s1. The molecular weight excluding hydrogens is 295 g/mol. The molecule has 1 heterocycles. The SMILES string of the molecule is COC[C@@]12CN(C(=O)c3ccc(C#N)cc3F)C[C@@H]1C(C)(C)C2. The Morgan fingerprint density at radius 1 is 1.52 bits per heavy atom. The highest BCUT2D eigenvalue weighted by Crippen LogP contribution is 2.62. The van der Waals surface area contributed by atoms with Gasteiger partial charge in [-0.1, -0.05) is 13.8 Å². The lowest BCUT2D eigenvalue weighted by atomic mass is 9.48. The van der Waals surface area contributed by atoms with Crippen LogP contribution in [0.15, 0.2) is 18.2 Å². The summed E-state index contributed by atoms with van der Waals surface area (Å²) in [5.74, 6) is -0.554. The van der Waals surface area contributed by atoms with Gasteiger partial charge in [-0.05, 0) is 36.0 Å². The lowest BCUT2D eigenvalue weighted by Gasteiger charge is -2.56. The predicted octanol–water partition coefficient (Wildman–Crippen LogP) is 2.83. The Bertz CT molecular complexity index is 695. The first-order chi connectivity index (χ1) is 10.8. The number of amides is 1. The fourth-order valence-corrected chi connectivity index (χ4v) is 4.69. The molecule has 0 spiro atoms. The Labute approximate surface area is 135 Å². The summed E-state index contributed by atoms with van der Waals surface area (Å²) < 4.78 is 19.5. The fraction of sp³-hybridized carbons (Fsp3) is 0.556. The second kappa shape index (κ2) is 5.31. The maximum Gasteiger partial charge on any atom is 0.256 e. The second-order valence-electron chi connectivity index (χ2n) is 7.51. The summed E-state index contributed by atoms with van der Waals surface area (Å²) in [4.78, 5) is 14.4. The molecule has 1 aliphatic heterocycles. The second-order valence-corrected chi connectivity index (χ2v) is 7.51. The lowest BCUT2D eigenvalue weighted by Crippen LogP contribution is -2.55. The van der Waals surface area contributed by atoms with Crippen LogP contribution in [-0.4, -0.2) is 37.6 Å². The largest absolute Gasteiger partial charge is 0.384 e. The van der Waals surface area contributed by atoms with Crippen LogP contribution in [0.25, 0.3) is 0 Å². The van der Waals surface area contributed by atoms with Gasteiger partial charge in [0.2, 0.25) is 0 Å². The zero-order valence-corrected chi connectivity index (χ0v) is 13.7. The maximum absolute atomic E-state index is 14.1. The number of methoxy groups -OCH3 is 1. The van der Waals surface area contributed by atoms with Gasteiger partial charge in [-0.15, -0.1) is 0 Å². The monoisotopic (exact) mass is 316 g/mol. The van der Waals surface area contributed by atoms with Crippen molar-refractivity contribution in [3.63, 3.8) is 0 Å². The number of carbonyl (C=O) groups excluding carboxylic acids is 1. The number of nitriles is 1. The van der Waals surface area contributed by atoms with Crippen molar-refractivity contribution in [1.29, 1.82) is 5.26 Å². The van der Waals surface area contributed by atoms with Crippen LogP contribution in [0.2, 0.25) is 0 Å². The average Bonchev–Trinajstić information content (AvgIpc) is 2.81. The number of ether oxygens (including phenoxy) is 1. The van der Waals surface area contributed by atoms with Crippen LogP contribution in [0.1, 0.15) is 36.2 Å². The van der Waals surface area contributed by atoms with Gasteiger partial charge in [-0.3, -0.25) is 4.79 Å². The van der Waals surface area contributed by atoms with Crippen LogP contribution >= 0.6 is 0 Å². The van der Waals surface area contributed by atoms with Gasteiger partial charge >= 0.3 is 0 Å². The number of halogens is 1. The first-order valence-corrected chi connectivity index (χ1v) is 7.81. The summed E-state index contributed by atoms with van der Waals surface area (Å²) >= 11 is 0. The third kappa shape index (κ3) is 2.42. The molecule has 2 atom stereocenters. The predicted molar refractivity (Wildman–Crippen MR) is 83.2 cm³/mol. The number of hydrogen-bond acceptors (Lipinski definition) is 3. The molecule has 0 bridgehead atoms. The van der Waals surface area contributed by atoms with Crippen LogP contribution in [0.4, 0.5) is 4.39 Å². The third-order valence-electron chi connectivity index (χ3n) is 5.45. The van der Waals surface area contributed by atoms with E-state index in [1.165, 1.54) is 12.1 Å². The topological polar surface area (TPSA) is 53.3 Å². The van der Waals surface area contributed by atoms with Gasteiger partial charge in [-0.25, -0.2) is 4.39 Å². The molecule has 5 heteroatoms. The minimum absolute atomic E-state index is 0.00300. The summed E-state index contributed by atoms with van der Waals surface area (Å²) in [7, 11) is 1.68. The van der Waals surface area contributed by atoms with Crippen LogP contribution in [0.3, 0.4) is 0 Å². The van der Waals surface area contributed by atoms with Gasteiger partial charge in [0.05, 0.1) is 23.8 Å². The zero-order chi connectivity index (χ0) is 16.8. The highest BCUT2D eigenvalue weighted by atomic mass is 19.1. The summed E-state index contributed by atoms with van der Waals surface area (Å²) in [5.41, 5.74) is 0.432. The van der Waals surface area contributed by atoms with Crippen molar-refractivity contribution in [1.82, 2.24) is 4.90 Å². The first kappa shape index (κ1) is 15.9. The van der Waals surface area contributed by atoms with Crippen LogP contribution < -0.4 is 0 Å². The molecule has 122 valence electrons. The van der Waals surface area contributed by atoms with Crippen molar-refractivity contribution in [2.45, 2.75) is 20.3 Å². The number of carbonyl (C=O) groups is 1. The fourth-order valence-electron chi connectivity index (χ4n) is 4.69. The van der Waals surface area contributed by atoms with Gasteiger partial charge in [0, 0.05) is 25.6 Å². The molecule has 3 rings (SSSR count). The molecule has 0 aromatic heterocycles. The Balaban J connectivity index is 1.84. The number of likely N-dealkylation sites (tertiary alicyclic amines) is 1. The number of nitrogens with zero attached hydrogens (tertiary/aromatic N) is 2. The normalized spacial score (nSPS) is 28.0. The van der Waals surface area contributed by atoms with E-state index >= 15 is 0 Å². The molecule has 1 amide bonds. The van der Waals surface area contributed by atoms with Crippen molar-refractivity contribution < 1.29 is 13.9 Å². The van der Waals surface area contributed by atoms with Crippen molar-refractivity contribution in [3.05, 3.63) is 35.1 Å². The molecule has 1 aliphatic carbocycles. The number of benzene rings is 1. The minimum Gasteiger partial charge on any atom is -0.384 e. The van der Waals surface area contributed by atoms with Crippen molar-refractivity contribution in [3.8, 4) is 6.07 Å².